The van der Waals surface area contributed by atoms with Crippen molar-refractivity contribution in [3.05, 3.63) is 49.4 Å². The number of piperazine rings is 1. The minimum absolute atomic E-state index is 0.0703. The third-order valence-corrected chi connectivity index (χ3v) is 9.15. The molecule has 1 aliphatic rings. The van der Waals surface area contributed by atoms with Crippen molar-refractivity contribution >= 4 is 54.7 Å². The van der Waals surface area contributed by atoms with E-state index in [9.17, 15) is 13.2 Å². The number of hydrogen-bond acceptors (Lipinski definition) is 7. The van der Waals surface area contributed by atoms with Gasteiger partial charge in [0.1, 0.15) is 4.90 Å². The van der Waals surface area contributed by atoms with Gasteiger partial charge in [0.25, 0.3) is 5.56 Å². The zero-order chi connectivity index (χ0) is 21.8. The molecule has 160 valence electrons. The second kappa shape index (κ2) is 7.76. The van der Waals surface area contributed by atoms with Gasteiger partial charge in [-0.25, -0.2) is 12.9 Å². The summed E-state index contributed by atoms with van der Waals surface area (Å²) in [7, 11) is -3.80. The number of aromatic nitrogens is 3. The van der Waals surface area contributed by atoms with Crippen LogP contribution in [0.1, 0.15) is 16.8 Å². The smallest absolute Gasteiger partial charge is 0.274 e. The Kier molecular flexibility index (Phi) is 5.56. The Morgan fingerprint density at radius 3 is 2.40 bits per heavy atom. The Bertz CT molecular complexity index is 1290. The molecule has 4 rings (SSSR count). The second-order valence-corrected chi connectivity index (χ2v) is 10.7. The Labute approximate surface area is 187 Å². The van der Waals surface area contributed by atoms with Crippen LogP contribution < -0.4 is 10.5 Å². The fourth-order valence-corrected chi connectivity index (χ4v) is 7.03. The standard InChI is InChI=1S/C18H19Cl2N5O3S2/c1-10-8-13(19)12(3)16(15(10)20)30(27,28)24-6-4-23(5-7-24)18-22-25-11(2)9-14(26)21-17(25)29-18/h8-9H,4-7H2,1-3H3. The topological polar surface area (TPSA) is 87.9 Å². The lowest BCUT2D eigenvalue weighted by Gasteiger charge is -2.34. The molecule has 3 heterocycles. The van der Waals surface area contributed by atoms with Crippen molar-refractivity contribution in [1.82, 2.24) is 18.9 Å². The number of aryl methyl sites for hydroxylation is 2. The summed E-state index contributed by atoms with van der Waals surface area (Å²) in [6.07, 6.45) is 0. The van der Waals surface area contributed by atoms with Crippen molar-refractivity contribution in [3.8, 4) is 0 Å². The maximum atomic E-state index is 13.3. The van der Waals surface area contributed by atoms with Crippen molar-refractivity contribution in [1.29, 1.82) is 0 Å². The third kappa shape index (κ3) is 3.60. The molecule has 1 aliphatic heterocycles. The molecule has 0 spiro atoms. The quantitative estimate of drug-likeness (QED) is 0.564. The summed E-state index contributed by atoms with van der Waals surface area (Å²) in [5.74, 6) is 0. The van der Waals surface area contributed by atoms with E-state index in [-0.39, 0.29) is 28.6 Å². The SMILES string of the molecule is Cc1cc(Cl)c(C)c(S(=O)(=O)N2CCN(c3nn4c(C)cc(=O)nc4s3)CC2)c1Cl. The van der Waals surface area contributed by atoms with Crippen LogP contribution in [0.5, 0.6) is 0 Å². The first-order valence-electron chi connectivity index (χ1n) is 9.17. The second-order valence-electron chi connectivity index (χ2n) is 7.15. The number of benzene rings is 1. The van der Waals surface area contributed by atoms with Crippen molar-refractivity contribution in [3.63, 3.8) is 0 Å². The first-order chi connectivity index (χ1) is 14.1. The highest BCUT2D eigenvalue weighted by molar-refractivity contribution is 7.89. The van der Waals surface area contributed by atoms with Gasteiger partial charge in [0, 0.05) is 43.0 Å². The van der Waals surface area contributed by atoms with Crippen LogP contribution in [0.4, 0.5) is 5.13 Å². The Balaban J connectivity index is 1.59. The van der Waals surface area contributed by atoms with Crippen LogP contribution in [0, 0.1) is 20.8 Å². The molecule has 3 aromatic rings. The Morgan fingerprint density at radius 1 is 1.07 bits per heavy atom. The zero-order valence-electron chi connectivity index (χ0n) is 16.5. The fraction of sp³-hybridized carbons (Fsp3) is 0.389. The monoisotopic (exact) mass is 487 g/mol. The fourth-order valence-electron chi connectivity index (χ4n) is 3.44. The molecule has 8 nitrogen and oxygen atoms in total. The van der Waals surface area contributed by atoms with Crippen molar-refractivity contribution in [2.45, 2.75) is 25.7 Å². The van der Waals surface area contributed by atoms with Gasteiger partial charge in [-0.05, 0) is 38.0 Å². The minimum atomic E-state index is -3.80. The molecule has 30 heavy (non-hydrogen) atoms. The van der Waals surface area contributed by atoms with Gasteiger partial charge >= 0.3 is 0 Å². The van der Waals surface area contributed by atoms with Crippen LogP contribution >= 0.6 is 34.5 Å². The molecule has 12 heteroatoms. The van der Waals surface area contributed by atoms with Crippen LogP contribution in [0.15, 0.2) is 21.8 Å². The van der Waals surface area contributed by atoms with Gasteiger partial charge in [0.15, 0.2) is 0 Å². The first kappa shape index (κ1) is 21.5. The molecular weight excluding hydrogens is 469 g/mol. The minimum Gasteiger partial charge on any atom is -0.344 e. The lowest BCUT2D eigenvalue weighted by atomic mass is 10.2. The molecule has 0 amide bonds. The third-order valence-electron chi connectivity index (χ3n) is 5.12. The molecule has 0 radical (unpaired) electrons. The molecule has 0 atom stereocenters. The van der Waals surface area contributed by atoms with Crippen LogP contribution in [0.2, 0.25) is 10.0 Å². The number of nitrogens with zero attached hydrogens (tertiary/aromatic N) is 5. The van der Waals surface area contributed by atoms with Crippen LogP contribution in [0.25, 0.3) is 4.96 Å². The molecule has 0 bridgehead atoms. The van der Waals surface area contributed by atoms with E-state index in [1.807, 2.05) is 4.90 Å². The van der Waals surface area contributed by atoms with E-state index in [4.69, 9.17) is 23.2 Å². The zero-order valence-corrected chi connectivity index (χ0v) is 19.7. The number of sulfonamides is 1. The number of halogens is 2. The van der Waals surface area contributed by atoms with Crippen LogP contribution in [-0.4, -0.2) is 53.5 Å². The number of hydrogen-bond donors (Lipinski definition) is 0. The van der Waals surface area contributed by atoms with Gasteiger partial charge in [-0.2, -0.15) is 9.29 Å². The Hall–Kier alpha value is -1.72. The van der Waals surface area contributed by atoms with Gasteiger partial charge in [0.2, 0.25) is 20.1 Å². The summed E-state index contributed by atoms with van der Waals surface area (Å²) in [6, 6.07) is 3.10. The average Bonchev–Trinajstić information content (AvgIpc) is 3.11. The van der Waals surface area contributed by atoms with E-state index in [0.717, 1.165) is 0 Å². The molecular formula is C18H19Cl2N5O3S2. The molecule has 2 aromatic heterocycles. The number of rotatable bonds is 3. The highest BCUT2D eigenvalue weighted by Crippen LogP contribution is 2.35. The maximum absolute atomic E-state index is 13.3. The molecule has 0 saturated carbocycles. The van der Waals surface area contributed by atoms with E-state index in [1.54, 1.807) is 31.4 Å². The normalized spacial score (nSPS) is 15.8. The first-order valence-corrected chi connectivity index (χ1v) is 12.2. The van der Waals surface area contributed by atoms with Gasteiger partial charge in [0.05, 0.1) is 5.02 Å². The van der Waals surface area contributed by atoms with Crippen molar-refractivity contribution < 1.29 is 8.42 Å². The summed E-state index contributed by atoms with van der Waals surface area (Å²) in [5, 5.41) is 5.80. The summed E-state index contributed by atoms with van der Waals surface area (Å²) >= 11 is 13.9. The van der Waals surface area contributed by atoms with E-state index in [0.29, 0.717) is 45.0 Å². The molecule has 1 fully saturated rings. The lowest BCUT2D eigenvalue weighted by molar-refractivity contribution is 0.384. The van der Waals surface area contributed by atoms with E-state index in [1.165, 1.54) is 21.7 Å². The van der Waals surface area contributed by atoms with Crippen molar-refractivity contribution in [2.24, 2.45) is 0 Å². The van der Waals surface area contributed by atoms with Gasteiger partial charge < -0.3 is 4.90 Å². The molecule has 0 N–H and O–H groups in total. The molecule has 0 unspecified atom stereocenters. The highest BCUT2D eigenvalue weighted by atomic mass is 35.5. The predicted octanol–water partition coefficient (Wildman–Crippen LogP) is 2.89. The molecule has 1 aromatic carbocycles. The van der Waals surface area contributed by atoms with Gasteiger partial charge in [-0.15, -0.1) is 5.10 Å². The van der Waals surface area contributed by atoms with E-state index >= 15 is 0 Å². The summed E-state index contributed by atoms with van der Waals surface area (Å²) in [5.41, 5.74) is 1.47. The summed E-state index contributed by atoms with van der Waals surface area (Å²) in [4.78, 5) is 18.2. The van der Waals surface area contributed by atoms with Crippen LogP contribution in [-0.2, 0) is 10.0 Å². The summed E-state index contributed by atoms with van der Waals surface area (Å²) < 4.78 is 29.7. The number of fused-ring (bicyclic) bond motifs is 1. The average molecular weight is 488 g/mol. The highest BCUT2D eigenvalue weighted by Gasteiger charge is 2.33. The van der Waals surface area contributed by atoms with E-state index < -0.39 is 10.0 Å². The molecule has 0 aliphatic carbocycles. The van der Waals surface area contributed by atoms with Gasteiger partial charge in [-0.1, -0.05) is 34.5 Å². The largest absolute Gasteiger partial charge is 0.344 e. The van der Waals surface area contributed by atoms with E-state index in [2.05, 4.69) is 10.1 Å². The molecule has 1 saturated heterocycles. The summed E-state index contributed by atoms with van der Waals surface area (Å²) in [6.45, 7) is 6.67. The van der Waals surface area contributed by atoms with Crippen LogP contribution in [0.3, 0.4) is 0 Å². The Morgan fingerprint density at radius 2 is 1.73 bits per heavy atom. The maximum Gasteiger partial charge on any atom is 0.274 e. The van der Waals surface area contributed by atoms with Gasteiger partial charge in [-0.3, -0.25) is 4.79 Å². The number of anilines is 1. The predicted molar refractivity (Wildman–Crippen MR) is 119 cm³/mol. The van der Waals surface area contributed by atoms with Crippen molar-refractivity contribution in [2.75, 3.05) is 31.1 Å². The lowest BCUT2D eigenvalue weighted by Crippen LogP contribution is -2.48.